The predicted octanol–water partition coefficient (Wildman–Crippen LogP) is 3.92. The molecule has 0 bridgehead atoms. The average Bonchev–Trinajstić information content (AvgIpc) is 3.01. The fourth-order valence-electron chi connectivity index (χ4n) is 2.74. The molecule has 0 aliphatic rings. The summed E-state index contributed by atoms with van der Waals surface area (Å²) >= 11 is 0. The van der Waals surface area contributed by atoms with Gasteiger partial charge in [0.05, 0.1) is 11.4 Å². The summed E-state index contributed by atoms with van der Waals surface area (Å²) in [5, 5.41) is 9.73. The number of hydrogen-bond acceptors (Lipinski definition) is 3. The van der Waals surface area contributed by atoms with Crippen LogP contribution in [0, 0.1) is 13.8 Å². The van der Waals surface area contributed by atoms with E-state index in [0.29, 0.717) is 11.4 Å². The Labute approximate surface area is 153 Å². The van der Waals surface area contributed by atoms with E-state index in [0.717, 1.165) is 5.56 Å². The van der Waals surface area contributed by atoms with Crippen molar-refractivity contribution in [1.82, 2.24) is 20.3 Å². The lowest BCUT2D eigenvalue weighted by Gasteiger charge is -2.21. The summed E-state index contributed by atoms with van der Waals surface area (Å²) in [5.74, 6) is -0.933. The van der Waals surface area contributed by atoms with E-state index in [4.69, 9.17) is 0 Å². The fourth-order valence-corrected chi connectivity index (χ4v) is 2.74. The average molecular weight is 374 g/mol. The molecule has 1 N–H and O–H groups in total. The van der Waals surface area contributed by atoms with Gasteiger partial charge >= 0.3 is 6.18 Å². The normalized spacial score (nSPS) is 12.6. The molecule has 1 atom stereocenters. The number of benzene rings is 2. The van der Waals surface area contributed by atoms with Crippen LogP contribution in [0.4, 0.5) is 13.2 Å². The van der Waals surface area contributed by atoms with Crippen molar-refractivity contribution in [2.24, 2.45) is 0 Å². The number of alkyl halides is 3. The highest BCUT2D eigenvalue weighted by Crippen LogP contribution is 2.32. The van der Waals surface area contributed by atoms with Gasteiger partial charge in [0.15, 0.2) is 11.7 Å². The molecule has 0 aliphatic heterocycles. The summed E-state index contributed by atoms with van der Waals surface area (Å²) < 4.78 is 41.7. The molecule has 0 fully saturated rings. The topological polar surface area (TPSA) is 59.8 Å². The summed E-state index contributed by atoms with van der Waals surface area (Å²) in [6.07, 6.45) is -4.64. The molecule has 3 aromatic rings. The minimum absolute atomic E-state index is 0.0536. The Hall–Kier alpha value is -3.16. The summed E-state index contributed by atoms with van der Waals surface area (Å²) in [6.45, 7) is 3.49. The minimum Gasteiger partial charge on any atom is -0.335 e. The molecule has 0 spiro atoms. The summed E-state index contributed by atoms with van der Waals surface area (Å²) in [4.78, 5) is 12.5. The molecule has 0 saturated heterocycles. The van der Waals surface area contributed by atoms with Gasteiger partial charge in [0.25, 0.3) is 5.91 Å². The molecule has 1 aromatic heterocycles. The van der Waals surface area contributed by atoms with Gasteiger partial charge in [-0.2, -0.15) is 13.2 Å². The maximum atomic E-state index is 13.4. The highest BCUT2D eigenvalue weighted by Gasteiger charge is 2.42. The van der Waals surface area contributed by atoms with Crippen LogP contribution in [0.15, 0.2) is 54.6 Å². The van der Waals surface area contributed by atoms with Gasteiger partial charge < -0.3 is 5.32 Å². The van der Waals surface area contributed by atoms with Crippen LogP contribution in [0.1, 0.15) is 33.4 Å². The minimum atomic E-state index is -4.64. The van der Waals surface area contributed by atoms with Gasteiger partial charge in [-0.05, 0) is 37.1 Å². The number of carbonyl (C=O) groups excluding carboxylic acids is 1. The molecule has 5 nitrogen and oxygen atoms in total. The van der Waals surface area contributed by atoms with Crippen LogP contribution in [0.25, 0.3) is 5.69 Å². The predicted molar refractivity (Wildman–Crippen MR) is 93.5 cm³/mol. The first-order chi connectivity index (χ1) is 12.8. The molecule has 0 aliphatic carbocycles. The van der Waals surface area contributed by atoms with Gasteiger partial charge in [-0.3, -0.25) is 4.79 Å². The Kier molecular flexibility index (Phi) is 4.98. The number of nitrogens with zero attached hydrogens (tertiary/aromatic N) is 3. The molecule has 1 amide bonds. The first-order valence-electron chi connectivity index (χ1n) is 8.19. The second kappa shape index (κ2) is 7.22. The molecule has 1 unspecified atom stereocenters. The number of aryl methyl sites for hydroxylation is 1. The highest BCUT2D eigenvalue weighted by atomic mass is 19.4. The summed E-state index contributed by atoms with van der Waals surface area (Å²) in [7, 11) is 0. The van der Waals surface area contributed by atoms with Crippen LogP contribution in [0.5, 0.6) is 0 Å². The van der Waals surface area contributed by atoms with Crippen molar-refractivity contribution < 1.29 is 18.0 Å². The van der Waals surface area contributed by atoms with E-state index in [9.17, 15) is 18.0 Å². The standard InChI is InChI=1S/C19H17F3N4O/c1-12-7-6-10-15(11-12)26-13(2)16(24-25-26)18(27)23-17(19(20,21)22)14-8-4-3-5-9-14/h3-11,17H,1-2H3,(H,23,27). The van der Waals surface area contributed by atoms with E-state index >= 15 is 0 Å². The second-order valence-electron chi connectivity index (χ2n) is 6.13. The van der Waals surface area contributed by atoms with Crippen LogP contribution >= 0.6 is 0 Å². The zero-order chi connectivity index (χ0) is 19.6. The first-order valence-corrected chi connectivity index (χ1v) is 8.19. The van der Waals surface area contributed by atoms with Crippen molar-refractivity contribution in [3.63, 3.8) is 0 Å². The third-order valence-corrected chi connectivity index (χ3v) is 4.09. The number of halogens is 3. The van der Waals surface area contributed by atoms with Crippen molar-refractivity contribution in [3.8, 4) is 5.69 Å². The van der Waals surface area contributed by atoms with Crippen LogP contribution in [-0.4, -0.2) is 27.1 Å². The van der Waals surface area contributed by atoms with Crippen molar-refractivity contribution in [1.29, 1.82) is 0 Å². The third kappa shape index (κ3) is 3.99. The quantitative estimate of drug-likeness (QED) is 0.753. The van der Waals surface area contributed by atoms with E-state index in [1.54, 1.807) is 19.1 Å². The number of carbonyl (C=O) groups is 1. The number of aromatic nitrogens is 3. The molecule has 3 rings (SSSR count). The van der Waals surface area contributed by atoms with Crippen LogP contribution < -0.4 is 5.32 Å². The van der Waals surface area contributed by atoms with Crippen molar-refractivity contribution in [3.05, 3.63) is 77.1 Å². The number of nitrogens with one attached hydrogen (secondary N) is 1. The van der Waals surface area contributed by atoms with Crippen LogP contribution in [0.2, 0.25) is 0 Å². The van der Waals surface area contributed by atoms with Crippen LogP contribution in [0.3, 0.4) is 0 Å². The Bertz CT molecular complexity index is 951. The maximum Gasteiger partial charge on any atom is 0.412 e. The van der Waals surface area contributed by atoms with Crippen LogP contribution in [-0.2, 0) is 0 Å². The Balaban J connectivity index is 1.90. The van der Waals surface area contributed by atoms with E-state index in [1.165, 1.54) is 28.9 Å². The van der Waals surface area contributed by atoms with Gasteiger partial charge in [0.1, 0.15) is 0 Å². The van der Waals surface area contributed by atoms with Gasteiger partial charge in [-0.1, -0.05) is 47.7 Å². The molecule has 0 radical (unpaired) electrons. The highest BCUT2D eigenvalue weighted by molar-refractivity contribution is 5.93. The Morgan fingerprint density at radius 2 is 1.78 bits per heavy atom. The largest absolute Gasteiger partial charge is 0.412 e. The summed E-state index contributed by atoms with van der Waals surface area (Å²) in [6, 6.07) is 12.4. The summed E-state index contributed by atoms with van der Waals surface area (Å²) in [5.41, 5.74) is 1.81. The zero-order valence-corrected chi connectivity index (χ0v) is 14.7. The van der Waals surface area contributed by atoms with E-state index in [-0.39, 0.29) is 11.3 Å². The second-order valence-corrected chi connectivity index (χ2v) is 6.13. The molecule has 1 heterocycles. The maximum absolute atomic E-state index is 13.4. The van der Waals surface area contributed by atoms with Crippen molar-refractivity contribution in [2.45, 2.75) is 26.1 Å². The zero-order valence-electron chi connectivity index (χ0n) is 14.7. The third-order valence-electron chi connectivity index (χ3n) is 4.09. The van der Waals surface area contributed by atoms with Crippen molar-refractivity contribution in [2.75, 3.05) is 0 Å². The molecule has 140 valence electrons. The lowest BCUT2D eigenvalue weighted by Crippen LogP contribution is -2.38. The molecule has 8 heteroatoms. The van der Waals surface area contributed by atoms with E-state index in [1.807, 2.05) is 30.4 Å². The molecule has 27 heavy (non-hydrogen) atoms. The molecular formula is C19H17F3N4O. The van der Waals surface area contributed by atoms with Gasteiger partial charge in [-0.15, -0.1) is 5.10 Å². The SMILES string of the molecule is Cc1cccc(-n2nnc(C(=O)NC(c3ccccc3)C(F)(F)F)c2C)c1. The first kappa shape index (κ1) is 18.6. The Morgan fingerprint density at radius 1 is 1.07 bits per heavy atom. The van der Waals surface area contributed by atoms with E-state index in [2.05, 4.69) is 10.3 Å². The number of amides is 1. The molecular weight excluding hydrogens is 357 g/mol. The smallest absolute Gasteiger partial charge is 0.335 e. The van der Waals surface area contributed by atoms with E-state index < -0.39 is 18.1 Å². The van der Waals surface area contributed by atoms with Crippen molar-refractivity contribution >= 4 is 5.91 Å². The lowest BCUT2D eigenvalue weighted by molar-refractivity contribution is -0.155. The molecule has 2 aromatic carbocycles. The fraction of sp³-hybridized carbons (Fsp3) is 0.211. The Morgan fingerprint density at radius 3 is 2.41 bits per heavy atom. The monoisotopic (exact) mass is 374 g/mol. The lowest BCUT2D eigenvalue weighted by atomic mass is 10.1. The van der Waals surface area contributed by atoms with Gasteiger partial charge in [0, 0.05) is 0 Å². The number of hydrogen-bond donors (Lipinski definition) is 1. The molecule has 0 saturated carbocycles. The number of rotatable bonds is 4. The van der Waals surface area contributed by atoms with Gasteiger partial charge in [-0.25, -0.2) is 4.68 Å². The van der Waals surface area contributed by atoms with Gasteiger partial charge in [0.2, 0.25) is 0 Å².